The Morgan fingerprint density at radius 3 is 1.95 bits per heavy atom. The third-order valence-corrected chi connectivity index (χ3v) is 3.65. The lowest BCUT2D eigenvalue weighted by Crippen LogP contribution is -2.09. The number of thioether (sulfide) groups is 1. The van der Waals surface area contributed by atoms with Gasteiger partial charge in [0.15, 0.2) is 0 Å². The van der Waals surface area contributed by atoms with E-state index < -0.39 is 11.9 Å². The van der Waals surface area contributed by atoms with Crippen molar-refractivity contribution in [2.24, 2.45) is 0 Å². The summed E-state index contributed by atoms with van der Waals surface area (Å²) in [6.07, 6.45) is 1.98. The fraction of sp³-hybridized carbons (Fsp3) is 0.176. The summed E-state index contributed by atoms with van der Waals surface area (Å²) in [5.74, 6) is -0.389. The Balaban J connectivity index is 2.04. The molecule has 2 rings (SSSR count). The second-order valence-electron chi connectivity index (χ2n) is 4.36. The highest BCUT2D eigenvalue weighted by Gasteiger charge is 2.11. The van der Waals surface area contributed by atoms with E-state index in [-0.39, 0.29) is 0 Å². The highest BCUT2D eigenvalue weighted by atomic mass is 32.2. The van der Waals surface area contributed by atoms with E-state index in [1.165, 1.54) is 0 Å². The summed E-state index contributed by atoms with van der Waals surface area (Å²) in [5, 5.41) is 0. The Hall–Kier alpha value is -2.27. The Kier molecular flexibility index (Phi) is 5.61. The van der Waals surface area contributed by atoms with Gasteiger partial charge < -0.3 is 9.47 Å². The summed E-state index contributed by atoms with van der Waals surface area (Å²) in [4.78, 5) is 24.7. The van der Waals surface area contributed by atoms with Crippen molar-refractivity contribution in [2.75, 3.05) is 12.9 Å². The summed E-state index contributed by atoms with van der Waals surface area (Å²) in [6.45, 7) is 2.06. The molecule has 0 unspecified atom stereocenters. The van der Waals surface area contributed by atoms with E-state index >= 15 is 0 Å². The van der Waals surface area contributed by atoms with Crippen LogP contribution < -0.4 is 4.74 Å². The standard InChI is InChI=1S/C17H16O4S/c1-3-20-16(18)12-4-6-13(7-5-12)17(19)21-14-8-10-15(22-2)11-9-14/h4-11H,3H2,1-2H3. The van der Waals surface area contributed by atoms with Gasteiger partial charge in [-0.05, 0) is 61.7 Å². The molecule has 0 saturated carbocycles. The molecule has 2 aromatic carbocycles. The average molecular weight is 316 g/mol. The predicted octanol–water partition coefficient (Wildman–Crippen LogP) is 3.80. The van der Waals surface area contributed by atoms with Gasteiger partial charge in [-0.3, -0.25) is 0 Å². The molecule has 0 heterocycles. The smallest absolute Gasteiger partial charge is 0.343 e. The lowest BCUT2D eigenvalue weighted by molar-refractivity contribution is 0.0525. The lowest BCUT2D eigenvalue weighted by atomic mass is 10.1. The topological polar surface area (TPSA) is 52.6 Å². The third kappa shape index (κ3) is 4.11. The van der Waals surface area contributed by atoms with Gasteiger partial charge >= 0.3 is 11.9 Å². The Morgan fingerprint density at radius 2 is 1.45 bits per heavy atom. The maximum atomic E-state index is 12.0. The van der Waals surface area contributed by atoms with E-state index in [1.54, 1.807) is 55.1 Å². The van der Waals surface area contributed by atoms with E-state index in [2.05, 4.69) is 0 Å². The van der Waals surface area contributed by atoms with Crippen molar-refractivity contribution >= 4 is 23.7 Å². The van der Waals surface area contributed by atoms with Crippen LogP contribution in [-0.4, -0.2) is 24.8 Å². The van der Waals surface area contributed by atoms with Gasteiger partial charge in [-0.25, -0.2) is 9.59 Å². The molecule has 0 aliphatic rings. The fourth-order valence-electron chi connectivity index (χ4n) is 1.77. The van der Waals surface area contributed by atoms with E-state index in [4.69, 9.17) is 9.47 Å². The second kappa shape index (κ2) is 7.66. The van der Waals surface area contributed by atoms with Crippen molar-refractivity contribution < 1.29 is 19.1 Å². The summed E-state index contributed by atoms with van der Waals surface area (Å²) in [5.41, 5.74) is 0.782. The van der Waals surface area contributed by atoms with Crippen LogP contribution in [0.25, 0.3) is 0 Å². The summed E-state index contributed by atoms with van der Waals surface area (Å²) >= 11 is 1.62. The maximum absolute atomic E-state index is 12.0. The average Bonchev–Trinajstić information content (AvgIpc) is 2.56. The van der Waals surface area contributed by atoms with Crippen molar-refractivity contribution in [3.63, 3.8) is 0 Å². The first kappa shape index (κ1) is 16.1. The zero-order chi connectivity index (χ0) is 15.9. The molecule has 0 aromatic heterocycles. The van der Waals surface area contributed by atoms with Gasteiger partial charge in [-0.1, -0.05) is 0 Å². The van der Waals surface area contributed by atoms with Crippen LogP contribution in [0.1, 0.15) is 27.6 Å². The first-order valence-corrected chi connectivity index (χ1v) is 8.00. The molecular formula is C17H16O4S. The van der Waals surface area contributed by atoms with Crippen LogP contribution in [-0.2, 0) is 4.74 Å². The van der Waals surface area contributed by atoms with Crippen molar-refractivity contribution in [3.05, 3.63) is 59.7 Å². The summed E-state index contributed by atoms with van der Waals surface area (Å²) < 4.78 is 10.2. The van der Waals surface area contributed by atoms with Crippen LogP contribution in [0.3, 0.4) is 0 Å². The molecule has 0 N–H and O–H groups in total. The molecule has 0 fully saturated rings. The summed E-state index contributed by atoms with van der Waals surface area (Å²) in [6, 6.07) is 13.5. The number of esters is 2. The quantitative estimate of drug-likeness (QED) is 0.477. The van der Waals surface area contributed by atoms with Gasteiger partial charge in [0.2, 0.25) is 0 Å². The second-order valence-corrected chi connectivity index (χ2v) is 5.24. The van der Waals surface area contributed by atoms with Crippen molar-refractivity contribution in [1.29, 1.82) is 0 Å². The molecule has 4 nitrogen and oxygen atoms in total. The molecule has 0 radical (unpaired) electrons. The minimum Gasteiger partial charge on any atom is -0.462 e. The molecule has 0 saturated heterocycles. The minimum atomic E-state index is -0.465. The monoisotopic (exact) mass is 316 g/mol. The molecule has 5 heteroatoms. The molecule has 0 amide bonds. The Morgan fingerprint density at radius 1 is 0.909 bits per heavy atom. The zero-order valence-corrected chi connectivity index (χ0v) is 13.2. The highest BCUT2D eigenvalue weighted by Crippen LogP contribution is 2.20. The normalized spacial score (nSPS) is 10.1. The van der Waals surface area contributed by atoms with Crippen LogP contribution in [0.5, 0.6) is 5.75 Å². The van der Waals surface area contributed by atoms with Gasteiger partial charge in [0.25, 0.3) is 0 Å². The molecule has 0 aliphatic carbocycles. The van der Waals surface area contributed by atoms with Gasteiger partial charge in [-0.15, -0.1) is 11.8 Å². The van der Waals surface area contributed by atoms with Gasteiger partial charge in [0.05, 0.1) is 17.7 Å². The SMILES string of the molecule is CCOC(=O)c1ccc(C(=O)Oc2ccc(SC)cc2)cc1. The highest BCUT2D eigenvalue weighted by molar-refractivity contribution is 7.98. The lowest BCUT2D eigenvalue weighted by Gasteiger charge is -2.06. The van der Waals surface area contributed by atoms with Crippen molar-refractivity contribution in [1.82, 2.24) is 0 Å². The maximum Gasteiger partial charge on any atom is 0.343 e. The predicted molar refractivity (Wildman–Crippen MR) is 85.6 cm³/mol. The third-order valence-electron chi connectivity index (χ3n) is 2.90. The first-order chi connectivity index (χ1) is 10.6. The van der Waals surface area contributed by atoms with Crippen LogP contribution in [0, 0.1) is 0 Å². The molecule has 0 aliphatic heterocycles. The largest absolute Gasteiger partial charge is 0.462 e. The van der Waals surface area contributed by atoms with E-state index in [1.807, 2.05) is 18.4 Å². The summed E-state index contributed by atoms with van der Waals surface area (Å²) in [7, 11) is 0. The zero-order valence-electron chi connectivity index (χ0n) is 12.4. The van der Waals surface area contributed by atoms with E-state index in [0.717, 1.165) is 4.90 Å². The molecule has 0 spiro atoms. The number of hydrogen-bond acceptors (Lipinski definition) is 5. The number of ether oxygens (including phenoxy) is 2. The van der Waals surface area contributed by atoms with Crippen LogP contribution in [0.4, 0.5) is 0 Å². The number of carbonyl (C=O) groups is 2. The van der Waals surface area contributed by atoms with E-state index in [0.29, 0.717) is 23.5 Å². The van der Waals surface area contributed by atoms with Crippen molar-refractivity contribution in [2.45, 2.75) is 11.8 Å². The van der Waals surface area contributed by atoms with Gasteiger partial charge in [0.1, 0.15) is 5.75 Å². The first-order valence-electron chi connectivity index (χ1n) is 6.77. The minimum absolute atomic E-state index is 0.314. The van der Waals surface area contributed by atoms with Crippen molar-refractivity contribution in [3.8, 4) is 5.75 Å². The number of hydrogen-bond donors (Lipinski definition) is 0. The molecule has 0 bridgehead atoms. The molecule has 22 heavy (non-hydrogen) atoms. The molecule has 0 atom stereocenters. The van der Waals surface area contributed by atoms with Crippen LogP contribution in [0.2, 0.25) is 0 Å². The fourth-order valence-corrected chi connectivity index (χ4v) is 2.17. The molecule has 2 aromatic rings. The Bertz CT molecular complexity index is 647. The number of rotatable bonds is 5. The van der Waals surface area contributed by atoms with Crippen LogP contribution >= 0.6 is 11.8 Å². The molecule has 114 valence electrons. The van der Waals surface area contributed by atoms with Gasteiger partial charge in [-0.2, -0.15) is 0 Å². The number of carbonyl (C=O) groups excluding carboxylic acids is 2. The van der Waals surface area contributed by atoms with Crippen LogP contribution in [0.15, 0.2) is 53.4 Å². The van der Waals surface area contributed by atoms with E-state index in [9.17, 15) is 9.59 Å². The van der Waals surface area contributed by atoms with Gasteiger partial charge in [0, 0.05) is 4.90 Å². The number of benzene rings is 2. The molecular weight excluding hydrogens is 300 g/mol. The Labute approximate surface area is 133 Å².